The topological polar surface area (TPSA) is 67.7 Å². The van der Waals surface area contributed by atoms with E-state index in [1.165, 1.54) is 11.6 Å². The molecule has 2 N–H and O–H groups in total. The SMILES string of the molecule is C=CC(=O)N1CCC2C(C1)NC(Cc1ccccc1)NC2C1CCN(C)[N+]1=O. The fourth-order valence-electron chi connectivity index (χ4n) is 5.03. The highest BCUT2D eigenvalue weighted by molar-refractivity contribution is 5.87. The molecule has 3 saturated heterocycles. The number of amides is 1. The molecule has 7 heteroatoms. The molecule has 28 heavy (non-hydrogen) atoms. The van der Waals surface area contributed by atoms with E-state index in [1.807, 2.05) is 18.0 Å². The van der Waals surface area contributed by atoms with Crippen LogP contribution in [0.5, 0.6) is 0 Å². The summed E-state index contributed by atoms with van der Waals surface area (Å²) in [5, 5.41) is 9.24. The number of carbonyl (C=O) groups is 1. The molecule has 5 unspecified atom stereocenters. The standard InChI is InChI=1S/C21H30N5O2/c1-3-20(27)25-12-9-16-17(14-25)22-19(13-15-7-5-4-6-8-15)23-21(16)18-10-11-24(2)26(18)28/h3-8,16-19,21-23H,1,9-14H2,2H3/q+1. The molecule has 0 radical (unpaired) electrons. The van der Waals surface area contributed by atoms with Crippen LogP contribution in [-0.4, -0.2) is 71.7 Å². The maximum Gasteiger partial charge on any atom is 0.251 e. The van der Waals surface area contributed by atoms with Gasteiger partial charge >= 0.3 is 0 Å². The van der Waals surface area contributed by atoms with Crippen LogP contribution in [0.2, 0.25) is 0 Å². The number of fused-ring (bicyclic) bond motifs is 1. The third kappa shape index (κ3) is 3.69. The van der Waals surface area contributed by atoms with Gasteiger partial charge in [0.15, 0.2) is 0 Å². The molecule has 0 aliphatic carbocycles. The van der Waals surface area contributed by atoms with Crippen LogP contribution in [-0.2, 0) is 11.2 Å². The lowest BCUT2D eigenvalue weighted by molar-refractivity contribution is -0.709. The number of nitrogens with zero attached hydrogens (tertiary/aromatic N) is 3. The number of carbonyl (C=O) groups excluding carboxylic acids is 1. The average Bonchev–Trinajstić information content (AvgIpc) is 3.05. The molecule has 3 aliphatic rings. The Morgan fingerprint density at radius 3 is 2.71 bits per heavy atom. The van der Waals surface area contributed by atoms with E-state index in [1.54, 1.807) is 5.01 Å². The fraction of sp³-hybridized carbons (Fsp3) is 0.571. The van der Waals surface area contributed by atoms with Gasteiger partial charge < -0.3 is 4.90 Å². The van der Waals surface area contributed by atoms with Gasteiger partial charge in [0.1, 0.15) is 4.87 Å². The molecule has 5 atom stereocenters. The van der Waals surface area contributed by atoms with Crippen LogP contribution in [0, 0.1) is 10.8 Å². The zero-order valence-corrected chi connectivity index (χ0v) is 16.5. The van der Waals surface area contributed by atoms with Crippen molar-refractivity contribution in [2.24, 2.45) is 5.92 Å². The maximum atomic E-state index is 12.7. The monoisotopic (exact) mass is 384 g/mol. The second-order valence-electron chi connectivity index (χ2n) is 8.19. The Morgan fingerprint density at radius 1 is 1.25 bits per heavy atom. The number of nitroso groups, excluding NO2 is 1. The van der Waals surface area contributed by atoms with Gasteiger partial charge in [0, 0.05) is 32.0 Å². The molecule has 1 aromatic rings. The Labute approximate surface area is 166 Å². The zero-order valence-electron chi connectivity index (χ0n) is 16.5. The minimum absolute atomic E-state index is 0.0130. The van der Waals surface area contributed by atoms with Gasteiger partial charge in [-0.25, -0.2) is 0 Å². The van der Waals surface area contributed by atoms with Crippen molar-refractivity contribution in [3.8, 4) is 0 Å². The highest BCUT2D eigenvalue weighted by Gasteiger charge is 2.52. The summed E-state index contributed by atoms with van der Waals surface area (Å²) >= 11 is 0. The Bertz CT molecular complexity index is 740. The van der Waals surface area contributed by atoms with E-state index in [9.17, 15) is 9.70 Å². The average molecular weight is 385 g/mol. The van der Waals surface area contributed by atoms with Crippen LogP contribution in [0.1, 0.15) is 18.4 Å². The van der Waals surface area contributed by atoms with Gasteiger partial charge in [-0.1, -0.05) is 36.9 Å². The van der Waals surface area contributed by atoms with Crippen LogP contribution in [0.25, 0.3) is 0 Å². The van der Waals surface area contributed by atoms with Gasteiger partial charge in [-0.15, -0.1) is 5.01 Å². The first-order valence-electron chi connectivity index (χ1n) is 10.2. The normalized spacial score (nSPS) is 32.9. The summed E-state index contributed by atoms with van der Waals surface area (Å²) in [7, 11) is 1.86. The maximum absolute atomic E-state index is 12.7. The molecule has 3 heterocycles. The van der Waals surface area contributed by atoms with E-state index in [4.69, 9.17) is 0 Å². The molecule has 0 saturated carbocycles. The molecule has 0 bridgehead atoms. The first kappa shape index (κ1) is 19.1. The van der Waals surface area contributed by atoms with Crippen molar-refractivity contribution in [2.75, 3.05) is 26.7 Å². The van der Waals surface area contributed by atoms with Crippen molar-refractivity contribution in [2.45, 2.75) is 43.6 Å². The summed E-state index contributed by atoms with van der Waals surface area (Å²) in [5.74, 6) is 0.315. The molecule has 1 amide bonds. The highest BCUT2D eigenvalue weighted by Crippen LogP contribution is 2.31. The Kier molecular flexibility index (Phi) is 5.46. The van der Waals surface area contributed by atoms with Crippen LogP contribution < -0.4 is 10.6 Å². The number of hydrogen-bond acceptors (Lipinski definition) is 4. The van der Waals surface area contributed by atoms with E-state index in [0.717, 1.165) is 37.2 Å². The molecule has 7 nitrogen and oxygen atoms in total. The van der Waals surface area contributed by atoms with Crippen molar-refractivity contribution in [3.63, 3.8) is 0 Å². The third-order valence-corrected chi connectivity index (χ3v) is 6.49. The lowest BCUT2D eigenvalue weighted by Gasteiger charge is -2.48. The number of nitrogens with one attached hydrogen (secondary N) is 2. The Morgan fingerprint density at radius 2 is 2.04 bits per heavy atom. The second kappa shape index (κ2) is 8.01. The molecular formula is C21H30N5O2+. The summed E-state index contributed by atoms with van der Waals surface area (Å²) in [6, 6.07) is 10.6. The highest BCUT2D eigenvalue weighted by atomic mass is 16.3. The molecule has 150 valence electrons. The molecule has 0 aromatic heterocycles. The van der Waals surface area contributed by atoms with Gasteiger partial charge in [0.25, 0.3) is 6.04 Å². The molecule has 3 fully saturated rings. The first-order valence-corrected chi connectivity index (χ1v) is 10.2. The van der Waals surface area contributed by atoms with E-state index < -0.39 is 0 Å². The quantitative estimate of drug-likeness (QED) is 0.597. The van der Waals surface area contributed by atoms with Gasteiger partial charge in [-0.2, -0.15) is 0 Å². The summed E-state index contributed by atoms with van der Waals surface area (Å²) in [4.78, 5) is 27.8. The summed E-state index contributed by atoms with van der Waals surface area (Å²) in [6.45, 7) is 5.81. The van der Waals surface area contributed by atoms with Crippen molar-refractivity contribution >= 4 is 5.91 Å². The molecular weight excluding hydrogens is 354 g/mol. The predicted molar refractivity (Wildman–Crippen MR) is 107 cm³/mol. The minimum Gasteiger partial charge on any atom is -0.338 e. The van der Waals surface area contributed by atoms with E-state index >= 15 is 0 Å². The van der Waals surface area contributed by atoms with E-state index in [-0.39, 0.29) is 30.2 Å². The largest absolute Gasteiger partial charge is 0.338 e. The number of piperidine rings is 1. The van der Waals surface area contributed by atoms with Crippen molar-refractivity contribution in [3.05, 3.63) is 53.5 Å². The zero-order chi connectivity index (χ0) is 19.7. The molecule has 0 spiro atoms. The molecule has 3 aliphatic heterocycles. The van der Waals surface area contributed by atoms with Crippen LogP contribution in [0.15, 0.2) is 43.0 Å². The predicted octanol–water partition coefficient (Wildman–Crippen LogP) is 0.918. The van der Waals surface area contributed by atoms with Crippen LogP contribution in [0.4, 0.5) is 0 Å². The number of rotatable bonds is 4. The van der Waals surface area contributed by atoms with Crippen LogP contribution in [0.3, 0.4) is 0 Å². The summed E-state index contributed by atoms with van der Waals surface area (Å²) in [5.41, 5.74) is 1.25. The van der Waals surface area contributed by atoms with Gasteiger partial charge in [-0.05, 0) is 24.0 Å². The molecule has 1 aromatic carbocycles. The minimum atomic E-state index is -0.0560. The van der Waals surface area contributed by atoms with Gasteiger partial charge in [-0.3, -0.25) is 15.4 Å². The summed E-state index contributed by atoms with van der Waals surface area (Å²) in [6.07, 6.45) is 4.07. The number of hydrazine groups is 1. The van der Waals surface area contributed by atoms with Crippen molar-refractivity contribution in [1.82, 2.24) is 20.5 Å². The summed E-state index contributed by atoms with van der Waals surface area (Å²) < 4.78 is 0. The lowest BCUT2D eigenvalue weighted by Crippen LogP contribution is -2.71. The number of likely N-dealkylation sites (tertiary alicyclic amines) is 1. The van der Waals surface area contributed by atoms with E-state index in [0.29, 0.717) is 12.5 Å². The van der Waals surface area contributed by atoms with Crippen molar-refractivity contribution < 1.29 is 9.66 Å². The van der Waals surface area contributed by atoms with Crippen LogP contribution >= 0.6 is 0 Å². The lowest BCUT2D eigenvalue weighted by atomic mass is 9.78. The molecule has 4 rings (SSSR count). The number of hydrogen-bond donors (Lipinski definition) is 2. The van der Waals surface area contributed by atoms with Crippen molar-refractivity contribution in [1.29, 1.82) is 0 Å². The Hall–Kier alpha value is -2.25. The number of benzene rings is 1. The van der Waals surface area contributed by atoms with E-state index in [2.05, 4.69) is 41.5 Å². The first-order chi connectivity index (χ1) is 13.6. The third-order valence-electron chi connectivity index (χ3n) is 6.49. The van der Waals surface area contributed by atoms with Gasteiger partial charge in [0.05, 0.1) is 30.7 Å². The Balaban J connectivity index is 1.55. The smallest absolute Gasteiger partial charge is 0.251 e. The van der Waals surface area contributed by atoms with Gasteiger partial charge in [0.2, 0.25) is 5.91 Å². The second-order valence-corrected chi connectivity index (χ2v) is 8.19. The fourth-order valence-corrected chi connectivity index (χ4v) is 5.03.